The second-order valence-electron chi connectivity index (χ2n) is 12.1. The van der Waals surface area contributed by atoms with Crippen LogP contribution in [0.4, 0.5) is 0 Å². The third-order valence-corrected chi connectivity index (χ3v) is 9.72. The molecule has 0 spiro atoms. The minimum atomic E-state index is 1.21. The van der Waals surface area contributed by atoms with Crippen molar-refractivity contribution in [2.24, 2.45) is 0 Å². The normalized spacial score (nSPS) is 12.0. The lowest BCUT2D eigenvalue weighted by Crippen LogP contribution is -1.97. The van der Waals surface area contributed by atoms with Crippen molar-refractivity contribution in [3.8, 4) is 16.8 Å². The van der Waals surface area contributed by atoms with Gasteiger partial charge in [0, 0.05) is 21.5 Å². The Bertz CT molecular complexity index is 2820. The molecule has 0 atom stereocenters. The van der Waals surface area contributed by atoms with Crippen LogP contribution in [0.3, 0.4) is 0 Å². The molecule has 9 aromatic carbocycles. The SMILES string of the molecule is c1ccc2c(c1)cc(-c1cc3c4ccccc4n(-c4cc5ccccc5c5ccccc45)c3c3ccccc13)c1ccccc12. The molecule has 0 aliphatic carbocycles. The van der Waals surface area contributed by atoms with E-state index in [0.717, 1.165) is 0 Å². The number of benzene rings is 9. The number of fused-ring (bicyclic) bond motifs is 11. The van der Waals surface area contributed by atoms with Crippen molar-refractivity contribution < 1.29 is 0 Å². The second-order valence-corrected chi connectivity index (χ2v) is 12.1. The average molecular weight is 570 g/mol. The number of hydrogen-bond donors (Lipinski definition) is 0. The standard InChI is InChI=1S/C44H27N/c1-3-15-30-28(13-1)25-39(34-19-6-5-17-32(30)34)40-27-41-37-22-11-12-24-42(37)45(44(41)38-23-10-8-20-35(38)40)43-26-29-14-2-4-16-31(29)33-18-7-9-21-36(33)43/h1-27H. The molecule has 0 saturated carbocycles. The molecule has 0 bridgehead atoms. The molecule has 10 aromatic rings. The van der Waals surface area contributed by atoms with E-state index in [9.17, 15) is 0 Å². The van der Waals surface area contributed by atoms with Gasteiger partial charge in [0.05, 0.1) is 16.7 Å². The third kappa shape index (κ3) is 3.44. The molecule has 1 heterocycles. The summed E-state index contributed by atoms with van der Waals surface area (Å²) >= 11 is 0. The van der Waals surface area contributed by atoms with Crippen molar-refractivity contribution >= 4 is 75.7 Å². The van der Waals surface area contributed by atoms with E-state index in [1.54, 1.807) is 0 Å². The van der Waals surface area contributed by atoms with E-state index in [1.807, 2.05) is 0 Å². The number of para-hydroxylation sites is 1. The highest BCUT2D eigenvalue weighted by Crippen LogP contribution is 2.45. The molecule has 10 rings (SSSR count). The predicted molar refractivity (Wildman–Crippen MR) is 194 cm³/mol. The molecule has 45 heavy (non-hydrogen) atoms. The van der Waals surface area contributed by atoms with E-state index in [0.29, 0.717) is 0 Å². The molecule has 0 fully saturated rings. The van der Waals surface area contributed by atoms with Gasteiger partial charge in [-0.1, -0.05) is 140 Å². The summed E-state index contributed by atoms with van der Waals surface area (Å²) in [7, 11) is 0. The highest BCUT2D eigenvalue weighted by atomic mass is 15.0. The Hall–Kier alpha value is -5.92. The van der Waals surface area contributed by atoms with E-state index in [1.165, 1.54) is 92.5 Å². The topological polar surface area (TPSA) is 4.93 Å². The summed E-state index contributed by atoms with van der Waals surface area (Å²) in [6, 6.07) is 60.3. The van der Waals surface area contributed by atoms with Crippen molar-refractivity contribution in [1.29, 1.82) is 0 Å². The molecule has 0 aliphatic rings. The van der Waals surface area contributed by atoms with Gasteiger partial charge >= 0.3 is 0 Å². The first-order valence-corrected chi connectivity index (χ1v) is 15.6. The smallest absolute Gasteiger partial charge is 0.0620 e. The zero-order valence-corrected chi connectivity index (χ0v) is 24.5. The second kappa shape index (κ2) is 9.29. The maximum Gasteiger partial charge on any atom is 0.0620 e. The lowest BCUT2D eigenvalue weighted by atomic mass is 9.89. The quantitative estimate of drug-likeness (QED) is 0.183. The van der Waals surface area contributed by atoms with E-state index in [-0.39, 0.29) is 0 Å². The van der Waals surface area contributed by atoms with Gasteiger partial charge in [-0.3, -0.25) is 0 Å². The van der Waals surface area contributed by atoms with Crippen molar-refractivity contribution in [2.75, 3.05) is 0 Å². The van der Waals surface area contributed by atoms with Crippen molar-refractivity contribution in [1.82, 2.24) is 4.57 Å². The number of aromatic nitrogens is 1. The molecule has 1 heteroatoms. The molecule has 0 N–H and O–H groups in total. The van der Waals surface area contributed by atoms with Gasteiger partial charge in [0.25, 0.3) is 0 Å². The fourth-order valence-corrected chi connectivity index (χ4v) is 7.79. The predicted octanol–water partition coefficient (Wildman–Crippen LogP) is 12.2. The van der Waals surface area contributed by atoms with Gasteiger partial charge in [0.1, 0.15) is 0 Å². The summed E-state index contributed by atoms with van der Waals surface area (Å²) in [4.78, 5) is 0. The molecule has 1 nitrogen and oxygen atoms in total. The Morgan fingerprint density at radius 3 is 1.42 bits per heavy atom. The lowest BCUT2D eigenvalue weighted by molar-refractivity contribution is 1.21. The van der Waals surface area contributed by atoms with Crippen molar-refractivity contribution in [2.45, 2.75) is 0 Å². The van der Waals surface area contributed by atoms with Crippen LogP contribution in [0.2, 0.25) is 0 Å². The Kier molecular flexibility index (Phi) is 5.06. The van der Waals surface area contributed by atoms with Crippen LogP contribution in [-0.4, -0.2) is 4.57 Å². The number of rotatable bonds is 2. The van der Waals surface area contributed by atoms with Gasteiger partial charge in [-0.2, -0.15) is 0 Å². The molecule has 0 unspecified atom stereocenters. The minimum absolute atomic E-state index is 1.21. The van der Waals surface area contributed by atoms with Gasteiger partial charge in [0.2, 0.25) is 0 Å². The summed E-state index contributed by atoms with van der Waals surface area (Å²) < 4.78 is 2.52. The van der Waals surface area contributed by atoms with E-state index in [4.69, 9.17) is 0 Å². The summed E-state index contributed by atoms with van der Waals surface area (Å²) in [6.07, 6.45) is 0. The number of hydrogen-bond acceptors (Lipinski definition) is 0. The Balaban J connectivity index is 1.40. The molecule has 208 valence electrons. The zero-order valence-electron chi connectivity index (χ0n) is 24.5. The Morgan fingerprint density at radius 1 is 0.289 bits per heavy atom. The van der Waals surface area contributed by atoms with Crippen LogP contribution in [0, 0.1) is 0 Å². The molecule has 0 amide bonds. The summed E-state index contributed by atoms with van der Waals surface area (Å²) in [5.74, 6) is 0. The Morgan fingerprint density at radius 2 is 0.733 bits per heavy atom. The fourth-order valence-electron chi connectivity index (χ4n) is 7.79. The molecule has 0 radical (unpaired) electrons. The lowest BCUT2D eigenvalue weighted by Gasteiger charge is -2.17. The molecule has 0 aliphatic heterocycles. The van der Waals surface area contributed by atoms with Gasteiger partial charge < -0.3 is 4.57 Å². The molecular weight excluding hydrogens is 542 g/mol. The largest absolute Gasteiger partial charge is 0.308 e. The maximum absolute atomic E-state index is 2.52. The summed E-state index contributed by atoms with van der Waals surface area (Å²) in [6.45, 7) is 0. The molecule has 1 aromatic heterocycles. The first-order chi connectivity index (χ1) is 22.3. The molecule has 0 saturated heterocycles. The summed E-state index contributed by atoms with van der Waals surface area (Å²) in [5.41, 5.74) is 6.23. The Labute approximate surface area is 260 Å². The fraction of sp³-hybridized carbons (Fsp3) is 0. The van der Waals surface area contributed by atoms with Gasteiger partial charge in [-0.25, -0.2) is 0 Å². The van der Waals surface area contributed by atoms with E-state index >= 15 is 0 Å². The number of nitrogens with zero attached hydrogens (tertiary/aromatic N) is 1. The first-order valence-electron chi connectivity index (χ1n) is 15.6. The maximum atomic E-state index is 2.52. The third-order valence-electron chi connectivity index (χ3n) is 9.72. The average Bonchev–Trinajstić information content (AvgIpc) is 3.45. The minimum Gasteiger partial charge on any atom is -0.308 e. The van der Waals surface area contributed by atoms with Crippen LogP contribution < -0.4 is 0 Å². The van der Waals surface area contributed by atoms with Gasteiger partial charge in [-0.05, 0) is 78.5 Å². The van der Waals surface area contributed by atoms with Gasteiger partial charge in [0.15, 0.2) is 0 Å². The van der Waals surface area contributed by atoms with Crippen LogP contribution in [0.5, 0.6) is 0 Å². The van der Waals surface area contributed by atoms with Crippen LogP contribution in [0.25, 0.3) is 92.5 Å². The summed E-state index contributed by atoms with van der Waals surface area (Å²) in [5, 5.41) is 15.3. The first kappa shape index (κ1) is 24.5. The van der Waals surface area contributed by atoms with Crippen LogP contribution in [-0.2, 0) is 0 Å². The van der Waals surface area contributed by atoms with Crippen LogP contribution >= 0.6 is 0 Å². The highest BCUT2D eigenvalue weighted by Gasteiger charge is 2.20. The van der Waals surface area contributed by atoms with Gasteiger partial charge in [-0.15, -0.1) is 0 Å². The van der Waals surface area contributed by atoms with Crippen LogP contribution in [0.1, 0.15) is 0 Å². The monoisotopic (exact) mass is 569 g/mol. The highest BCUT2D eigenvalue weighted by molar-refractivity contribution is 6.25. The zero-order chi connectivity index (χ0) is 29.5. The van der Waals surface area contributed by atoms with Crippen molar-refractivity contribution in [3.05, 3.63) is 164 Å². The molecular formula is C44H27N. The van der Waals surface area contributed by atoms with E-state index in [2.05, 4.69) is 168 Å². The van der Waals surface area contributed by atoms with E-state index < -0.39 is 0 Å². The van der Waals surface area contributed by atoms with Crippen LogP contribution in [0.15, 0.2) is 164 Å². The van der Waals surface area contributed by atoms with Crippen molar-refractivity contribution in [3.63, 3.8) is 0 Å².